The lowest BCUT2D eigenvalue weighted by atomic mass is 10.1. The molecule has 0 aliphatic heterocycles. The SMILES string of the molecule is CCN(CC)CC.Cc1ccc(-n2c(=S)sc3c(=O)n(-c4ccccc4)c(=S)[nH]c32)cc1C. The second-order valence-electron chi connectivity index (χ2n) is 7.68. The van der Waals surface area contributed by atoms with Crippen LogP contribution in [0.25, 0.3) is 21.7 Å². The Morgan fingerprint density at radius 1 is 0.879 bits per heavy atom. The zero-order valence-corrected chi connectivity index (χ0v) is 22.2. The van der Waals surface area contributed by atoms with Crippen LogP contribution in [0.5, 0.6) is 0 Å². The summed E-state index contributed by atoms with van der Waals surface area (Å²) in [4.78, 5) is 18.7. The molecule has 33 heavy (non-hydrogen) atoms. The van der Waals surface area contributed by atoms with Crippen molar-refractivity contribution in [3.8, 4) is 11.4 Å². The molecule has 0 radical (unpaired) electrons. The maximum absolute atomic E-state index is 13.1. The molecule has 2 heterocycles. The monoisotopic (exact) mass is 498 g/mol. The Kier molecular flexibility index (Phi) is 8.53. The largest absolute Gasteiger partial charge is 0.316 e. The van der Waals surface area contributed by atoms with Gasteiger partial charge in [0.25, 0.3) is 5.56 Å². The van der Waals surface area contributed by atoms with Gasteiger partial charge in [-0.3, -0.25) is 13.9 Å². The zero-order chi connectivity index (χ0) is 24.1. The van der Waals surface area contributed by atoms with Gasteiger partial charge in [-0.15, -0.1) is 0 Å². The molecule has 5 nitrogen and oxygen atoms in total. The van der Waals surface area contributed by atoms with Crippen LogP contribution in [0.15, 0.2) is 53.3 Å². The van der Waals surface area contributed by atoms with E-state index < -0.39 is 0 Å². The van der Waals surface area contributed by atoms with Gasteiger partial charge in [0.2, 0.25) is 0 Å². The highest BCUT2D eigenvalue weighted by Gasteiger charge is 2.15. The summed E-state index contributed by atoms with van der Waals surface area (Å²) in [5, 5.41) is 0. The van der Waals surface area contributed by atoms with E-state index in [1.165, 1.54) is 46.7 Å². The van der Waals surface area contributed by atoms with E-state index in [2.05, 4.69) is 56.6 Å². The van der Waals surface area contributed by atoms with Gasteiger partial charge in [-0.05, 0) is 93.3 Å². The third kappa shape index (κ3) is 5.41. The van der Waals surface area contributed by atoms with Gasteiger partial charge in [0.15, 0.2) is 8.73 Å². The number of thiazole rings is 1. The highest BCUT2D eigenvalue weighted by Crippen LogP contribution is 2.25. The molecule has 0 spiro atoms. The second kappa shape index (κ2) is 11.2. The quantitative estimate of drug-likeness (QED) is 0.315. The number of nitrogens with one attached hydrogen (secondary N) is 1. The minimum absolute atomic E-state index is 0.159. The molecule has 0 saturated heterocycles. The maximum atomic E-state index is 13.1. The maximum Gasteiger partial charge on any atom is 0.278 e. The predicted molar refractivity (Wildman–Crippen MR) is 146 cm³/mol. The average molecular weight is 499 g/mol. The third-order valence-electron chi connectivity index (χ3n) is 5.74. The van der Waals surface area contributed by atoms with Crippen LogP contribution in [-0.4, -0.2) is 38.7 Å². The molecule has 0 atom stereocenters. The van der Waals surface area contributed by atoms with Gasteiger partial charge in [-0.1, -0.05) is 56.4 Å². The minimum atomic E-state index is -0.159. The van der Waals surface area contributed by atoms with Crippen molar-refractivity contribution in [1.82, 2.24) is 19.0 Å². The minimum Gasteiger partial charge on any atom is -0.316 e. The zero-order valence-electron chi connectivity index (χ0n) is 19.7. The standard InChI is InChI=1S/C19H15N3OS3.C6H15N/c1-11-8-9-14(10-12(11)2)21-16-15(26-19(21)25)17(23)22(18(24)20-16)13-6-4-3-5-7-13;1-4-7(5-2)6-3/h3-10H,1-2H3,(H,20,24);4-6H2,1-3H3. The third-order valence-corrected chi connectivity index (χ3v) is 7.39. The lowest BCUT2D eigenvalue weighted by Crippen LogP contribution is -2.21. The Labute approximate surface area is 209 Å². The van der Waals surface area contributed by atoms with E-state index in [0.717, 1.165) is 11.4 Å². The second-order valence-corrected chi connectivity index (χ2v) is 9.71. The molecule has 0 unspecified atom stereocenters. The van der Waals surface area contributed by atoms with Crippen molar-refractivity contribution in [2.45, 2.75) is 34.6 Å². The van der Waals surface area contributed by atoms with E-state index in [1.807, 2.05) is 41.0 Å². The van der Waals surface area contributed by atoms with E-state index in [1.54, 1.807) is 0 Å². The molecule has 4 rings (SSSR count). The lowest BCUT2D eigenvalue weighted by molar-refractivity contribution is 0.321. The molecule has 0 aliphatic rings. The van der Waals surface area contributed by atoms with Gasteiger partial charge in [-0.2, -0.15) is 0 Å². The predicted octanol–water partition coefficient (Wildman–Crippen LogP) is 6.59. The molecule has 0 aliphatic carbocycles. The van der Waals surface area contributed by atoms with Gasteiger partial charge < -0.3 is 9.88 Å². The smallest absolute Gasteiger partial charge is 0.278 e. The number of aromatic amines is 1. The first-order valence-corrected chi connectivity index (χ1v) is 12.7. The Hall–Kier alpha value is -2.39. The summed E-state index contributed by atoms with van der Waals surface area (Å²) in [5.41, 5.74) is 4.52. The number of aryl methyl sites for hydroxylation is 2. The first kappa shape index (κ1) is 25.2. The fraction of sp³-hybridized carbons (Fsp3) is 0.320. The number of hydrogen-bond acceptors (Lipinski definition) is 5. The molecule has 8 heteroatoms. The summed E-state index contributed by atoms with van der Waals surface area (Å²) >= 11 is 12.3. The van der Waals surface area contributed by atoms with Crippen LogP contribution >= 0.6 is 35.8 Å². The lowest BCUT2D eigenvalue weighted by Gasteiger charge is -2.13. The van der Waals surface area contributed by atoms with E-state index in [4.69, 9.17) is 24.4 Å². The van der Waals surface area contributed by atoms with Crippen LogP contribution in [0.4, 0.5) is 0 Å². The molecule has 0 fully saturated rings. The van der Waals surface area contributed by atoms with Crippen LogP contribution in [0, 0.1) is 22.6 Å². The number of H-pyrrole nitrogens is 1. The number of aromatic nitrogens is 3. The molecule has 0 amide bonds. The number of benzene rings is 2. The summed E-state index contributed by atoms with van der Waals surface area (Å²) in [6, 6.07) is 15.5. The number of fused-ring (bicyclic) bond motifs is 1. The van der Waals surface area contributed by atoms with Crippen LogP contribution < -0.4 is 5.56 Å². The van der Waals surface area contributed by atoms with Crippen LogP contribution in [0.3, 0.4) is 0 Å². The number of nitrogens with zero attached hydrogens (tertiary/aromatic N) is 3. The highest BCUT2D eigenvalue weighted by molar-refractivity contribution is 7.73. The molecule has 4 aromatic rings. The Balaban J connectivity index is 0.000000383. The van der Waals surface area contributed by atoms with Crippen LogP contribution in [0.2, 0.25) is 0 Å². The summed E-state index contributed by atoms with van der Waals surface area (Å²) in [7, 11) is 0. The molecule has 0 saturated carbocycles. The average Bonchev–Trinajstić information content (AvgIpc) is 3.14. The molecule has 2 aromatic carbocycles. The van der Waals surface area contributed by atoms with Crippen molar-refractivity contribution in [2.75, 3.05) is 19.6 Å². The van der Waals surface area contributed by atoms with Crippen molar-refractivity contribution >= 4 is 46.1 Å². The molecular formula is C25H30N4OS3. The van der Waals surface area contributed by atoms with Gasteiger partial charge in [0.1, 0.15) is 10.3 Å². The van der Waals surface area contributed by atoms with E-state index >= 15 is 0 Å². The number of hydrogen-bond donors (Lipinski definition) is 1. The van der Waals surface area contributed by atoms with E-state index in [-0.39, 0.29) is 5.56 Å². The van der Waals surface area contributed by atoms with Crippen LogP contribution in [0.1, 0.15) is 31.9 Å². The molecule has 174 valence electrons. The summed E-state index contributed by atoms with van der Waals surface area (Å²) in [6.45, 7) is 14.2. The number of para-hydroxylation sites is 1. The van der Waals surface area contributed by atoms with Crippen LogP contribution in [-0.2, 0) is 0 Å². The molecular weight excluding hydrogens is 469 g/mol. The Morgan fingerprint density at radius 2 is 1.52 bits per heavy atom. The van der Waals surface area contributed by atoms with Crippen molar-refractivity contribution in [3.05, 3.63) is 78.7 Å². The van der Waals surface area contributed by atoms with Gasteiger partial charge in [0, 0.05) is 5.69 Å². The topological polar surface area (TPSA) is 46.0 Å². The number of rotatable bonds is 5. The van der Waals surface area contributed by atoms with Crippen molar-refractivity contribution in [2.24, 2.45) is 0 Å². The van der Waals surface area contributed by atoms with E-state index in [9.17, 15) is 4.79 Å². The highest BCUT2D eigenvalue weighted by atomic mass is 32.1. The van der Waals surface area contributed by atoms with Gasteiger partial charge in [0.05, 0.1) is 5.69 Å². The van der Waals surface area contributed by atoms with E-state index in [0.29, 0.717) is 19.1 Å². The summed E-state index contributed by atoms with van der Waals surface area (Å²) < 4.78 is 4.91. The fourth-order valence-electron chi connectivity index (χ4n) is 3.56. The molecule has 2 aromatic heterocycles. The normalized spacial score (nSPS) is 11.0. The van der Waals surface area contributed by atoms with Gasteiger partial charge in [-0.25, -0.2) is 0 Å². The van der Waals surface area contributed by atoms with Crippen molar-refractivity contribution in [3.63, 3.8) is 0 Å². The van der Waals surface area contributed by atoms with Gasteiger partial charge >= 0.3 is 0 Å². The fourth-order valence-corrected chi connectivity index (χ4v) is 5.18. The summed E-state index contributed by atoms with van der Waals surface area (Å²) in [5.74, 6) is 0. The molecule has 0 bridgehead atoms. The first-order valence-electron chi connectivity index (χ1n) is 11.1. The molecule has 1 N–H and O–H groups in total. The Bertz CT molecular complexity index is 1400. The first-order chi connectivity index (χ1) is 15.8. The van der Waals surface area contributed by atoms with Crippen molar-refractivity contribution < 1.29 is 0 Å². The van der Waals surface area contributed by atoms with Crippen molar-refractivity contribution in [1.29, 1.82) is 0 Å². The Morgan fingerprint density at radius 3 is 2.06 bits per heavy atom. The summed E-state index contributed by atoms with van der Waals surface area (Å²) in [6.07, 6.45) is 0.